The summed E-state index contributed by atoms with van der Waals surface area (Å²) in [7, 11) is 0. The summed E-state index contributed by atoms with van der Waals surface area (Å²) in [6, 6.07) is 0. The van der Waals surface area contributed by atoms with Crippen LogP contribution in [0.4, 0.5) is 0 Å². The van der Waals surface area contributed by atoms with Gasteiger partial charge in [0.05, 0.1) is 0 Å². The van der Waals surface area contributed by atoms with Crippen molar-refractivity contribution in [1.82, 2.24) is 5.01 Å². The van der Waals surface area contributed by atoms with E-state index in [1.165, 1.54) is 19.3 Å². The van der Waals surface area contributed by atoms with Crippen molar-refractivity contribution in [3.8, 4) is 0 Å². The van der Waals surface area contributed by atoms with Crippen molar-refractivity contribution in [2.75, 3.05) is 13.1 Å². The van der Waals surface area contributed by atoms with Gasteiger partial charge in [0.15, 0.2) is 5.78 Å². The molecular weight excluding hydrogens is 176 g/mol. The standard InChI is InChI=1S/C11H18N2O/c14-11-7-3-2-6-10(11)12-13-8-4-1-5-9-13/h1-9H2/b12-10-. The first-order valence-corrected chi connectivity index (χ1v) is 5.72. The van der Waals surface area contributed by atoms with Gasteiger partial charge in [0.25, 0.3) is 0 Å². The second-order valence-corrected chi connectivity index (χ2v) is 4.19. The molecule has 0 N–H and O–H groups in total. The molecule has 78 valence electrons. The molecule has 3 heteroatoms. The summed E-state index contributed by atoms with van der Waals surface area (Å²) in [6.45, 7) is 2.08. The Balaban J connectivity index is 1.96. The Hall–Kier alpha value is -0.860. The number of piperidine rings is 1. The first kappa shape index (κ1) is 9.69. The third kappa shape index (κ3) is 2.34. The zero-order valence-corrected chi connectivity index (χ0v) is 8.67. The quantitative estimate of drug-likeness (QED) is 0.639. The number of hydrogen-bond donors (Lipinski definition) is 0. The summed E-state index contributed by atoms with van der Waals surface area (Å²) >= 11 is 0. The Morgan fingerprint density at radius 3 is 2.36 bits per heavy atom. The van der Waals surface area contributed by atoms with Crippen LogP contribution in [0.15, 0.2) is 5.10 Å². The third-order valence-electron chi connectivity index (χ3n) is 2.98. The fourth-order valence-electron chi connectivity index (χ4n) is 2.12. The molecule has 1 saturated heterocycles. The van der Waals surface area contributed by atoms with Gasteiger partial charge in [-0.15, -0.1) is 0 Å². The largest absolute Gasteiger partial charge is 0.297 e. The van der Waals surface area contributed by atoms with E-state index in [-0.39, 0.29) is 5.78 Å². The molecule has 0 radical (unpaired) electrons. The minimum atomic E-state index is 0.279. The number of ketones is 1. The third-order valence-corrected chi connectivity index (χ3v) is 2.98. The van der Waals surface area contributed by atoms with Gasteiger partial charge >= 0.3 is 0 Å². The van der Waals surface area contributed by atoms with Gasteiger partial charge in [-0.1, -0.05) is 0 Å². The average Bonchev–Trinajstić information content (AvgIpc) is 2.23. The van der Waals surface area contributed by atoms with E-state index in [2.05, 4.69) is 10.1 Å². The Morgan fingerprint density at radius 2 is 1.64 bits per heavy atom. The molecule has 14 heavy (non-hydrogen) atoms. The zero-order chi connectivity index (χ0) is 9.80. The number of carbonyl (C=O) groups is 1. The lowest BCUT2D eigenvalue weighted by atomic mass is 9.97. The molecule has 2 rings (SSSR count). The normalized spacial score (nSPS) is 27.0. The molecule has 1 aliphatic heterocycles. The first-order chi connectivity index (χ1) is 6.86. The number of hydrazone groups is 1. The highest BCUT2D eigenvalue weighted by molar-refractivity contribution is 6.40. The van der Waals surface area contributed by atoms with Crippen LogP contribution < -0.4 is 0 Å². The van der Waals surface area contributed by atoms with Crippen molar-refractivity contribution in [2.24, 2.45) is 5.10 Å². The highest BCUT2D eigenvalue weighted by Gasteiger charge is 2.18. The summed E-state index contributed by atoms with van der Waals surface area (Å²) in [5.74, 6) is 0.279. The van der Waals surface area contributed by atoms with Gasteiger partial charge in [-0.2, -0.15) is 5.10 Å². The van der Waals surface area contributed by atoms with Gasteiger partial charge < -0.3 is 0 Å². The lowest BCUT2D eigenvalue weighted by Crippen LogP contribution is -2.29. The Labute approximate surface area is 85.2 Å². The van der Waals surface area contributed by atoms with Crippen LogP contribution in [0.25, 0.3) is 0 Å². The summed E-state index contributed by atoms with van der Waals surface area (Å²) in [4.78, 5) is 11.5. The molecule has 1 heterocycles. The molecule has 3 nitrogen and oxygen atoms in total. The molecule has 2 aliphatic rings. The van der Waals surface area contributed by atoms with E-state index in [0.29, 0.717) is 6.42 Å². The van der Waals surface area contributed by atoms with Gasteiger partial charge in [-0.05, 0) is 38.5 Å². The van der Waals surface area contributed by atoms with E-state index in [1.807, 2.05) is 0 Å². The van der Waals surface area contributed by atoms with Gasteiger partial charge in [0, 0.05) is 19.5 Å². The Morgan fingerprint density at radius 1 is 0.929 bits per heavy atom. The van der Waals surface area contributed by atoms with Crippen LogP contribution in [0.3, 0.4) is 0 Å². The number of hydrogen-bond acceptors (Lipinski definition) is 3. The monoisotopic (exact) mass is 194 g/mol. The molecule has 0 aromatic rings. The molecule has 0 amide bonds. The molecule has 0 aromatic carbocycles. The van der Waals surface area contributed by atoms with Crippen LogP contribution in [0.1, 0.15) is 44.9 Å². The van der Waals surface area contributed by atoms with E-state index in [9.17, 15) is 4.79 Å². The van der Waals surface area contributed by atoms with Crippen molar-refractivity contribution >= 4 is 11.5 Å². The topological polar surface area (TPSA) is 32.7 Å². The zero-order valence-electron chi connectivity index (χ0n) is 8.67. The maximum absolute atomic E-state index is 11.5. The van der Waals surface area contributed by atoms with Crippen LogP contribution in [0.5, 0.6) is 0 Å². The fraction of sp³-hybridized carbons (Fsp3) is 0.818. The number of rotatable bonds is 1. The van der Waals surface area contributed by atoms with Crippen molar-refractivity contribution in [3.63, 3.8) is 0 Å². The minimum Gasteiger partial charge on any atom is -0.297 e. The maximum atomic E-state index is 11.5. The molecule has 0 atom stereocenters. The first-order valence-electron chi connectivity index (χ1n) is 5.72. The van der Waals surface area contributed by atoms with Crippen LogP contribution in [-0.2, 0) is 4.79 Å². The maximum Gasteiger partial charge on any atom is 0.178 e. The van der Waals surface area contributed by atoms with Crippen LogP contribution in [-0.4, -0.2) is 29.6 Å². The lowest BCUT2D eigenvalue weighted by Gasteiger charge is -2.25. The lowest BCUT2D eigenvalue weighted by molar-refractivity contribution is -0.113. The van der Waals surface area contributed by atoms with Gasteiger partial charge in [-0.25, -0.2) is 0 Å². The molecule has 2 fully saturated rings. The number of nitrogens with zero attached hydrogens (tertiary/aromatic N) is 2. The molecule has 1 saturated carbocycles. The Bertz CT molecular complexity index is 242. The fourth-order valence-corrected chi connectivity index (χ4v) is 2.12. The summed E-state index contributed by atoms with van der Waals surface area (Å²) in [5, 5.41) is 6.56. The van der Waals surface area contributed by atoms with Crippen molar-refractivity contribution in [1.29, 1.82) is 0 Å². The molecule has 1 aliphatic carbocycles. The van der Waals surface area contributed by atoms with Crippen LogP contribution in [0.2, 0.25) is 0 Å². The van der Waals surface area contributed by atoms with Gasteiger partial charge in [-0.3, -0.25) is 9.80 Å². The summed E-state index contributed by atoms with van der Waals surface area (Å²) in [5.41, 5.74) is 0.832. The minimum absolute atomic E-state index is 0.279. The summed E-state index contributed by atoms with van der Waals surface area (Å²) in [6.07, 6.45) is 7.57. The van der Waals surface area contributed by atoms with Crippen molar-refractivity contribution < 1.29 is 4.79 Å². The predicted octanol–water partition coefficient (Wildman–Crippen LogP) is 1.97. The molecule has 0 spiro atoms. The second-order valence-electron chi connectivity index (χ2n) is 4.19. The van der Waals surface area contributed by atoms with E-state index < -0.39 is 0 Å². The molecular formula is C11H18N2O. The van der Waals surface area contributed by atoms with Gasteiger partial charge in [0.2, 0.25) is 0 Å². The smallest absolute Gasteiger partial charge is 0.178 e. The van der Waals surface area contributed by atoms with Crippen molar-refractivity contribution in [3.05, 3.63) is 0 Å². The predicted molar refractivity (Wildman–Crippen MR) is 56.3 cm³/mol. The summed E-state index contributed by atoms with van der Waals surface area (Å²) < 4.78 is 0. The number of carbonyl (C=O) groups excluding carboxylic acids is 1. The molecule has 0 aromatic heterocycles. The van der Waals surface area contributed by atoms with E-state index in [0.717, 1.165) is 38.1 Å². The number of Topliss-reactive ketones (excluding diaryl/α,β-unsaturated/α-hetero) is 1. The highest BCUT2D eigenvalue weighted by atomic mass is 16.1. The van der Waals surface area contributed by atoms with E-state index in [1.54, 1.807) is 0 Å². The van der Waals surface area contributed by atoms with Crippen LogP contribution in [0, 0.1) is 0 Å². The average molecular weight is 194 g/mol. The second kappa shape index (κ2) is 4.58. The Kier molecular flexibility index (Phi) is 3.17. The SMILES string of the molecule is O=C1CCCC/C1=N/N1CCCCC1. The highest BCUT2D eigenvalue weighted by Crippen LogP contribution is 2.15. The molecule has 0 bridgehead atoms. The van der Waals surface area contributed by atoms with E-state index in [4.69, 9.17) is 0 Å². The van der Waals surface area contributed by atoms with Crippen molar-refractivity contribution in [2.45, 2.75) is 44.9 Å². The van der Waals surface area contributed by atoms with E-state index >= 15 is 0 Å². The molecule has 0 unspecified atom stereocenters. The van der Waals surface area contributed by atoms with Gasteiger partial charge in [0.1, 0.15) is 5.71 Å². The van der Waals surface area contributed by atoms with Crippen LogP contribution >= 0.6 is 0 Å².